The van der Waals surface area contributed by atoms with E-state index in [4.69, 9.17) is 10.8 Å². The molecule has 5 unspecified atom stereocenters. The molecule has 0 aromatic heterocycles. The Kier molecular flexibility index (Phi) is 11.6. The van der Waals surface area contributed by atoms with E-state index >= 15 is 0 Å². The molecule has 0 radical (unpaired) electrons. The van der Waals surface area contributed by atoms with Gasteiger partial charge in [-0.25, -0.2) is 4.79 Å². The van der Waals surface area contributed by atoms with Crippen molar-refractivity contribution in [2.24, 2.45) is 17.6 Å². The van der Waals surface area contributed by atoms with E-state index < -0.39 is 60.2 Å². The number of hydrogen-bond acceptors (Lipinski definition) is 6. The van der Waals surface area contributed by atoms with Crippen molar-refractivity contribution in [3.05, 3.63) is 0 Å². The van der Waals surface area contributed by atoms with Crippen LogP contribution in [0.25, 0.3) is 0 Å². The summed E-state index contributed by atoms with van der Waals surface area (Å²) in [6, 6.07) is -4.23. The van der Waals surface area contributed by atoms with Crippen molar-refractivity contribution in [2.45, 2.75) is 78.0 Å². The highest BCUT2D eigenvalue weighted by Crippen LogP contribution is 2.10. The first-order chi connectivity index (χ1) is 13.8. The number of carbonyl (C=O) groups is 5. The third-order valence-electron chi connectivity index (χ3n) is 4.83. The molecule has 172 valence electrons. The van der Waals surface area contributed by atoms with Crippen LogP contribution < -0.4 is 21.7 Å². The molecule has 0 fully saturated rings. The van der Waals surface area contributed by atoms with Crippen molar-refractivity contribution >= 4 is 29.7 Å². The van der Waals surface area contributed by atoms with Crippen molar-refractivity contribution in [2.75, 3.05) is 0 Å². The van der Waals surface area contributed by atoms with Gasteiger partial charge in [0.2, 0.25) is 17.7 Å². The zero-order valence-corrected chi connectivity index (χ0v) is 18.1. The van der Waals surface area contributed by atoms with Gasteiger partial charge in [-0.05, 0) is 25.2 Å². The second-order valence-electron chi connectivity index (χ2n) is 7.70. The minimum atomic E-state index is -1.40. The van der Waals surface area contributed by atoms with Crippen LogP contribution in [0, 0.1) is 11.8 Å². The Bertz CT molecular complexity index is 638. The molecule has 0 spiro atoms. The van der Waals surface area contributed by atoms with Crippen LogP contribution in [0.15, 0.2) is 0 Å². The lowest BCUT2D eigenvalue weighted by Gasteiger charge is -2.27. The van der Waals surface area contributed by atoms with Crippen LogP contribution in [0.3, 0.4) is 0 Å². The maximum absolute atomic E-state index is 12.6. The van der Waals surface area contributed by atoms with Crippen LogP contribution in [0.5, 0.6) is 0 Å². The van der Waals surface area contributed by atoms with Gasteiger partial charge in [0, 0.05) is 6.42 Å². The van der Waals surface area contributed by atoms with Crippen molar-refractivity contribution in [3.63, 3.8) is 0 Å². The molecule has 11 heteroatoms. The zero-order chi connectivity index (χ0) is 23.6. The van der Waals surface area contributed by atoms with Crippen LogP contribution in [0.4, 0.5) is 0 Å². The van der Waals surface area contributed by atoms with Crippen molar-refractivity contribution in [3.8, 4) is 0 Å². The van der Waals surface area contributed by atoms with Crippen molar-refractivity contribution in [1.82, 2.24) is 16.0 Å². The van der Waals surface area contributed by atoms with Crippen LogP contribution >= 0.6 is 0 Å². The first-order valence-electron chi connectivity index (χ1n) is 9.93. The summed E-state index contributed by atoms with van der Waals surface area (Å²) < 4.78 is 0. The first-order valence-corrected chi connectivity index (χ1v) is 9.93. The second-order valence-corrected chi connectivity index (χ2v) is 7.70. The third kappa shape index (κ3) is 9.21. The van der Waals surface area contributed by atoms with Crippen LogP contribution in [-0.2, 0) is 24.0 Å². The van der Waals surface area contributed by atoms with Gasteiger partial charge in [-0.3, -0.25) is 19.2 Å². The monoisotopic (exact) mass is 430 g/mol. The average molecular weight is 431 g/mol. The molecule has 0 rings (SSSR count). The van der Waals surface area contributed by atoms with Crippen LogP contribution in [0.1, 0.15) is 53.9 Å². The summed E-state index contributed by atoms with van der Waals surface area (Å²) in [4.78, 5) is 59.2. The minimum absolute atomic E-state index is 0.127. The predicted octanol–water partition coefficient (Wildman–Crippen LogP) is -0.560. The minimum Gasteiger partial charge on any atom is -0.481 e. The molecule has 0 aliphatic rings. The molecule has 0 aliphatic heterocycles. The molecule has 30 heavy (non-hydrogen) atoms. The summed E-state index contributed by atoms with van der Waals surface area (Å²) >= 11 is 0. The van der Waals surface area contributed by atoms with E-state index in [2.05, 4.69) is 16.0 Å². The fraction of sp³-hybridized carbons (Fsp3) is 0.737. The number of carboxylic acids is 2. The highest BCUT2D eigenvalue weighted by atomic mass is 16.4. The normalized spacial score (nSPS) is 16.0. The molecule has 0 heterocycles. The Morgan fingerprint density at radius 2 is 1.43 bits per heavy atom. The van der Waals surface area contributed by atoms with Gasteiger partial charge in [0.15, 0.2) is 0 Å². The second kappa shape index (κ2) is 12.8. The molecular formula is C19H34N4O7. The summed E-state index contributed by atoms with van der Waals surface area (Å²) in [5, 5.41) is 25.3. The Hall–Kier alpha value is -2.69. The van der Waals surface area contributed by atoms with Gasteiger partial charge in [0.1, 0.15) is 18.1 Å². The van der Waals surface area contributed by atoms with E-state index in [-0.39, 0.29) is 18.3 Å². The number of carboxylic acid groups (broad SMARTS) is 2. The Labute approximate surface area is 176 Å². The lowest BCUT2D eigenvalue weighted by atomic mass is 9.97. The molecule has 0 aliphatic carbocycles. The fourth-order valence-corrected chi connectivity index (χ4v) is 2.44. The van der Waals surface area contributed by atoms with Gasteiger partial charge in [-0.15, -0.1) is 0 Å². The summed E-state index contributed by atoms with van der Waals surface area (Å²) in [5.41, 5.74) is 5.76. The van der Waals surface area contributed by atoms with Gasteiger partial charge in [0.05, 0.1) is 6.04 Å². The van der Waals surface area contributed by atoms with E-state index in [1.165, 1.54) is 6.92 Å². The highest BCUT2D eigenvalue weighted by molar-refractivity contribution is 5.94. The summed E-state index contributed by atoms with van der Waals surface area (Å²) in [6.07, 6.45) is -0.224. The smallest absolute Gasteiger partial charge is 0.326 e. The molecule has 7 N–H and O–H groups in total. The van der Waals surface area contributed by atoms with Gasteiger partial charge >= 0.3 is 11.9 Å². The van der Waals surface area contributed by atoms with Crippen LogP contribution in [0.2, 0.25) is 0 Å². The molecule has 0 aromatic rings. The number of aliphatic carboxylic acids is 2. The number of rotatable bonds is 13. The number of nitrogens with two attached hydrogens (primary N) is 1. The molecule has 0 bridgehead atoms. The zero-order valence-electron chi connectivity index (χ0n) is 18.1. The summed E-state index contributed by atoms with van der Waals surface area (Å²) in [6.45, 7) is 8.47. The van der Waals surface area contributed by atoms with Crippen molar-refractivity contribution in [1.29, 1.82) is 0 Å². The van der Waals surface area contributed by atoms with Crippen LogP contribution in [-0.4, -0.2) is 64.0 Å². The lowest BCUT2D eigenvalue weighted by Crippen LogP contribution is -2.58. The Morgan fingerprint density at radius 1 is 0.867 bits per heavy atom. The van der Waals surface area contributed by atoms with Crippen molar-refractivity contribution < 1.29 is 34.2 Å². The molecule has 0 saturated heterocycles. The molecule has 3 amide bonds. The van der Waals surface area contributed by atoms with E-state index in [1.54, 1.807) is 27.7 Å². The topological polar surface area (TPSA) is 188 Å². The standard InChI is InChI=1S/C19H34N4O7/c1-6-10(4)15(18(28)22-12(19(29)30)7-8-13(24)25)23-16(26)11(5)21-17(27)14(20)9(2)3/h9-12,14-15H,6-8,20H2,1-5H3,(H,21,27)(H,22,28)(H,23,26)(H,24,25)(H,29,30). The molecular weight excluding hydrogens is 396 g/mol. The number of carbonyl (C=O) groups excluding carboxylic acids is 3. The number of hydrogen-bond donors (Lipinski definition) is 6. The van der Waals surface area contributed by atoms with Gasteiger partial charge in [-0.1, -0.05) is 34.1 Å². The predicted molar refractivity (Wildman–Crippen MR) is 108 cm³/mol. The van der Waals surface area contributed by atoms with Gasteiger partial charge in [0.25, 0.3) is 0 Å². The summed E-state index contributed by atoms with van der Waals surface area (Å²) in [7, 11) is 0. The van der Waals surface area contributed by atoms with E-state index in [1.807, 2.05) is 0 Å². The molecule has 11 nitrogen and oxygen atoms in total. The van der Waals surface area contributed by atoms with Gasteiger partial charge < -0.3 is 31.9 Å². The third-order valence-corrected chi connectivity index (χ3v) is 4.83. The average Bonchev–Trinajstić information content (AvgIpc) is 2.66. The van der Waals surface area contributed by atoms with E-state index in [9.17, 15) is 29.1 Å². The quantitative estimate of drug-likeness (QED) is 0.224. The number of nitrogens with one attached hydrogen (secondary N) is 3. The fourth-order valence-electron chi connectivity index (χ4n) is 2.44. The summed E-state index contributed by atoms with van der Waals surface area (Å²) in [5.74, 6) is -4.91. The van der Waals surface area contributed by atoms with E-state index in [0.717, 1.165) is 0 Å². The molecule has 5 atom stereocenters. The maximum Gasteiger partial charge on any atom is 0.326 e. The SMILES string of the molecule is CCC(C)C(NC(=O)C(C)NC(=O)C(N)C(C)C)C(=O)NC(CCC(=O)O)C(=O)O. The molecule has 0 aromatic carbocycles. The van der Waals surface area contributed by atoms with Gasteiger partial charge in [-0.2, -0.15) is 0 Å². The van der Waals surface area contributed by atoms with E-state index in [0.29, 0.717) is 6.42 Å². The first kappa shape index (κ1) is 27.3. The Morgan fingerprint density at radius 3 is 1.87 bits per heavy atom. The number of amides is 3. The lowest BCUT2D eigenvalue weighted by molar-refractivity contribution is -0.143. The largest absolute Gasteiger partial charge is 0.481 e. The Balaban J connectivity index is 5.19. The molecule has 0 saturated carbocycles. The maximum atomic E-state index is 12.6. The highest BCUT2D eigenvalue weighted by Gasteiger charge is 2.31.